The number of piperidine rings is 1. The monoisotopic (exact) mass is 629 g/mol. The largest absolute Gasteiger partial charge is 0.380 e. The highest BCUT2D eigenvalue weighted by molar-refractivity contribution is 7.92. The summed E-state index contributed by atoms with van der Waals surface area (Å²) < 4.78 is 33.1. The van der Waals surface area contributed by atoms with Gasteiger partial charge in [0.1, 0.15) is 11.4 Å². The van der Waals surface area contributed by atoms with Gasteiger partial charge in [-0.2, -0.15) is 4.31 Å². The van der Waals surface area contributed by atoms with Crippen molar-refractivity contribution in [3.8, 4) is 0 Å². The summed E-state index contributed by atoms with van der Waals surface area (Å²) in [4.78, 5) is 30.6. The number of carbonyl (C=O) groups is 2. The molecule has 0 radical (unpaired) electrons. The molecule has 3 aliphatic heterocycles. The molecule has 1 aromatic carbocycles. The van der Waals surface area contributed by atoms with Crippen LogP contribution in [0.5, 0.6) is 0 Å². The third-order valence-corrected chi connectivity index (χ3v) is 11.1. The van der Waals surface area contributed by atoms with Crippen molar-refractivity contribution >= 4 is 39.6 Å². The fourth-order valence-corrected chi connectivity index (χ4v) is 7.60. The molecule has 0 atom stereocenters. The number of primary amides is 1. The standard InChI is InChI=1S/C33H51N5O5S/c1-25-21-27(37(4)31(34)40)22-26(2)28(25)14-20-44(41,42)38-18-16-33(17-19-38)30(39)35-29(36-33)13-11-9-7-5-6-8-10-12-15-32(3)23-43-24-32/h14,20-22H,5-13,15-19,23-24H2,1-4H3,(H2,34,40)(H,35,36,39)/b20-14+. The minimum atomic E-state index is -3.69. The Morgan fingerprint density at radius 1 is 1.05 bits per heavy atom. The zero-order valence-corrected chi connectivity index (χ0v) is 27.8. The van der Waals surface area contributed by atoms with E-state index in [2.05, 4.69) is 12.2 Å². The van der Waals surface area contributed by atoms with Crippen molar-refractivity contribution < 1.29 is 22.7 Å². The highest BCUT2D eigenvalue weighted by atomic mass is 32.2. The van der Waals surface area contributed by atoms with E-state index in [4.69, 9.17) is 15.5 Å². The van der Waals surface area contributed by atoms with Crippen molar-refractivity contribution in [1.82, 2.24) is 9.62 Å². The Hall–Kier alpha value is -2.76. The molecular weight excluding hydrogens is 578 g/mol. The number of nitrogens with two attached hydrogens (primary N) is 1. The molecule has 1 aromatic rings. The number of hydrogen-bond acceptors (Lipinski definition) is 6. The number of aliphatic imine (C=N–C) groups is 1. The van der Waals surface area contributed by atoms with Gasteiger partial charge in [0.2, 0.25) is 10.0 Å². The number of hydrogen-bond donors (Lipinski definition) is 2. The van der Waals surface area contributed by atoms with Crippen LogP contribution in [0.25, 0.3) is 6.08 Å². The normalized spacial score (nSPS) is 19.6. The molecule has 0 aliphatic carbocycles. The highest BCUT2D eigenvalue weighted by Crippen LogP contribution is 2.34. The van der Waals surface area contributed by atoms with E-state index >= 15 is 0 Å². The molecule has 44 heavy (non-hydrogen) atoms. The van der Waals surface area contributed by atoms with E-state index in [1.54, 1.807) is 25.3 Å². The number of sulfonamides is 1. The van der Waals surface area contributed by atoms with Crippen molar-refractivity contribution in [3.63, 3.8) is 0 Å². The molecule has 1 spiro atoms. The number of nitrogens with zero attached hydrogens (tertiary/aromatic N) is 3. The van der Waals surface area contributed by atoms with Crippen molar-refractivity contribution in [1.29, 1.82) is 0 Å². The van der Waals surface area contributed by atoms with E-state index in [9.17, 15) is 18.0 Å². The number of urea groups is 1. The first-order valence-electron chi connectivity index (χ1n) is 16.1. The molecule has 0 unspecified atom stereocenters. The molecule has 11 heteroatoms. The molecular formula is C33H51N5O5S. The second-order valence-electron chi connectivity index (χ2n) is 13.3. The highest BCUT2D eigenvalue weighted by Gasteiger charge is 2.46. The number of nitrogens with one attached hydrogen (secondary N) is 1. The number of rotatable bonds is 15. The van der Waals surface area contributed by atoms with Gasteiger partial charge in [-0.1, -0.05) is 51.9 Å². The Balaban J connectivity index is 1.19. The number of benzene rings is 1. The van der Waals surface area contributed by atoms with Crippen LogP contribution in [0.4, 0.5) is 10.5 Å². The molecule has 0 bridgehead atoms. The van der Waals surface area contributed by atoms with Gasteiger partial charge in [0.25, 0.3) is 5.91 Å². The number of ether oxygens (including phenoxy) is 1. The zero-order valence-electron chi connectivity index (χ0n) is 27.0. The lowest BCUT2D eigenvalue weighted by Gasteiger charge is -2.38. The lowest BCUT2D eigenvalue weighted by atomic mass is 9.83. The SMILES string of the molecule is Cc1cc(N(C)C(N)=O)cc(C)c1/C=C/S(=O)(=O)N1CCC2(CC1)N=C(CCCCCCCCCCC1(C)COC1)NC2=O. The Labute approximate surface area is 263 Å². The van der Waals surface area contributed by atoms with E-state index in [1.807, 2.05) is 13.8 Å². The van der Waals surface area contributed by atoms with Crippen LogP contribution in [-0.4, -0.2) is 69.4 Å². The molecule has 2 saturated heterocycles. The minimum absolute atomic E-state index is 0.102. The van der Waals surface area contributed by atoms with Gasteiger partial charge in [-0.25, -0.2) is 13.2 Å². The summed E-state index contributed by atoms with van der Waals surface area (Å²) in [6.07, 6.45) is 14.1. The first-order chi connectivity index (χ1) is 20.8. The van der Waals surface area contributed by atoms with Crippen LogP contribution in [0, 0.1) is 19.3 Å². The first kappa shape index (κ1) is 34.1. The smallest absolute Gasteiger partial charge is 0.318 e. The number of carbonyl (C=O) groups excluding carboxylic acids is 2. The molecule has 0 saturated carbocycles. The molecule has 3 heterocycles. The third kappa shape index (κ3) is 8.48. The summed E-state index contributed by atoms with van der Waals surface area (Å²) in [6, 6.07) is 3.04. The van der Waals surface area contributed by atoms with Crippen molar-refractivity contribution in [2.24, 2.45) is 16.1 Å². The van der Waals surface area contributed by atoms with Crippen LogP contribution >= 0.6 is 0 Å². The Bertz CT molecular complexity index is 1340. The predicted molar refractivity (Wildman–Crippen MR) is 176 cm³/mol. The van der Waals surface area contributed by atoms with Gasteiger partial charge in [0, 0.05) is 43.1 Å². The molecule has 3 amide bonds. The summed E-state index contributed by atoms with van der Waals surface area (Å²) in [6.45, 7) is 8.39. The van der Waals surface area contributed by atoms with Crippen molar-refractivity contribution in [2.75, 3.05) is 38.3 Å². The predicted octanol–water partition coefficient (Wildman–Crippen LogP) is 5.42. The van der Waals surface area contributed by atoms with E-state index in [1.165, 1.54) is 59.6 Å². The second-order valence-corrected chi connectivity index (χ2v) is 15.1. The van der Waals surface area contributed by atoms with E-state index < -0.39 is 21.6 Å². The Morgan fingerprint density at radius 3 is 2.16 bits per heavy atom. The molecule has 4 rings (SSSR count). The fraction of sp³-hybridized carbons (Fsp3) is 0.667. The summed E-state index contributed by atoms with van der Waals surface area (Å²) in [5.74, 6) is 0.644. The number of amides is 3. The second kappa shape index (κ2) is 14.6. The quantitative estimate of drug-likeness (QED) is 0.250. The van der Waals surface area contributed by atoms with E-state index in [0.29, 0.717) is 23.9 Å². The molecule has 3 N–H and O–H groups in total. The van der Waals surface area contributed by atoms with Crippen molar-refractivity contribution in [2.45, 2.75) is 103 Å². The number of amidine groups is 1. The minimum Gasteiger partial charge on any atom is -0.380 e. The molecule has 0 aromatic heterocycles. The summed E-state index contributed by atoms with van der Waals surface area (Å²) in [7, 11) is -2.09. The number of anilines is 1. The number of unbranched alkanes of at least 4 members (excludes halogenated alkanes) is 7. The maximum absolute atomic E-state index is 13.2. The third-order valence-electron chi connectivity index (χ3n) is 9.49. The van der Waals surface area contributed by atoms with Crippen molar-refractivity contribution in [3.05, 3.63) is 34.2 Å². The summed E-state index contributed by atoms with van der Waals surface area (Å²) in [5, 5.41) is 4.21. The number of aryl methyl sites for hydroxylation is 2. The molecule has 244 valence electrons. The average Bonchev–Trinajstić information content (AvgIpc) is 3.25. The fourth-order valence-electron chi connectivity index (χ4n) is 6.43. The Morgan fingerprint density at radius 2 is 1.61 bits per heavy atom. The van der Waals surface area contributed by atoms with Gasteiger partial charge in [-0.15, -0.1) is 0 Å². The Kier molecular flexibility index (Phi) is 11.3. The van der Waals surface area contributed by atoms with Gasteiger partial charge < -0.3 is 15.8 Å². The van der Waals surface area contributed by atoms with Gasteiger partial charge in [-0.3, -0.25) is 14.7 Å². The molecule has 3 aliphatic rings. The maximum Gasteiger partial charge on any atom is 0.318 e. The van der Waals surface area contributed by atoms with Crippen LogP contribution < -0.4 is 16.0 Å². The van der Waals surface area contributed by atoms with Crippen LogP contribution in [-0.2, 0) is 19.6 Å². The lowest BCUT2D eigenvalue weighted by Crippen LogP contribution is -2.50. The topological polar surface area (TPSA) is 134 Å². The van der Waals surface area contributed by atoms with Crippen LogP contribution in [0.3, 0.4) is 0 Å². The van der Waals surface area contributed by atoms with Crippen LogP contribution in [0.1, 0.15) is 101 Å². The van der Waals surface area contributed by atoms with E-state index in [-0.39, 0.29) is 19.0 Å². The first-order valence-corrected chi connectivity index (χ1v) is 17.7. The molecule has 10 nitrogen and oxygen atoms in total. The maximum atomic E-state index is 13.2. The van der Waals surface area contributed by atoms with Gasteiger partial charge in [0.05, 0.1) is 13.2 Å². The average molecular weight is 630 g/mol. The molecule has 2 fully saturated rings. The van der Waals surface area contributed by atoms with Crippen LogP contribution in [0.2, 0.25) is 0 Å². The summed E-state index contributed by atoms with van der Waals surface area (Å²) >= 11 is 0. The van der Waals surface area contributed by atoms with Gasteiger partial charge in [-0.05, 0) is 74.4 Å². The van der Waals surface area contributed by atoms with Gasteiger partial charge >= 0.3 is 6.03 Å². The zero-order chi connectivity index (χ0) is 32.0. The van der Waals surface area contributed by atoms with Gasteiger partial charge in [0.15, 0.2) is 0 Å². The van der Waals surface area contributed by atoms with E-state index in [0.717, 1.165) is 55.0 Å². The lowest BCUT2D eigenvalue weighted by molar-refractivity contribution is -0.124. The van der Waals surface area contributed by atoms with Crippen LogP contribution in [0.15, 0.2) is 22.5 Å². The summed E-state index contributed by atoms with van der Waals surface area (Å²) in [5.41, 5.74) is 8.05.